The molecule has 1 saturated carbocycles. The number of carbonyl (C=O) groups excluding carboxylic acids is 1. The van der Waals surface area contributed by atoms with Gasteiger partial charge in [0.25, 0.3) is 5.91 Å². The van der Waals surface area contributed by atoms with Crippen molar-refractivity contribution in [2.75, 3.05) is 6.61 Å². The van der Waals surface area contributed by atoms with E-state index in [0.29, 0.717) is 10.6 Å². The minimum atomic E-state index is -0.138. The van der Waals surface area contributed by atoms with Gasteiger partial charge in [-0.25, -0.2) is 4.68 Å². The van der Waals surface area contributed by atoms with Gasteiger partial charge in [0.15, 0.2) is 0 Å². The second-order valence-electron chi connectivity index (χ2n) is 6.67. The number of para-hydroxylation sites is 1. The third kappa shape index (κ3) is 3.88. The Morgan fingerprint density at radius 3 is 2.84 bits per heavy atom. The van der Waals surface area contributed by atoms with Crippen molar-refractivity contribution in [3.05, 3.63) is 46.7 Å². The Kier molecular flexibility index (Phi) is 5.76. The van der Waals surface area contributed by atoms with Gasteiger partial charge in [0, 0.05) is 18.6 Å². The zero-order chi connectivity index (χ0) is 17.8. The standard InChI is InChI=1S/C19H24ClN3O2/c1-13-15(11-21-23(13)18-10-6-5-8-16(18)20)19(25)22-17-9-4-2-3-7-14(17)12-24/h5-6,8,10-11,14,17,24H,2-4,7,9,12H2,1H3,(H,22,25)/t14-,17-/m1/s1. The van der Waals surface area contributed by atoms with Crippen LogP contribution in [0.25, 0.3) is 5.69 Å². The number of aliphatic hydroxyl groups excluding tert-OH is 1. The fourth-order valence-electron chi connectivity index (χ4n) is 3.54. The second kappa shape index (κ2) is 8.02. The van der Waals surface area contributed by atoms with Crippen molar-refractivity contribution >= 4 is 17.5 Å². The Hall–Kier alpha value is -1.85. The monoisotopic (exact) mass is 361 g/mol. The summed E-state index contributed by atoms with van der Waals surface area (Å²) in [7, 11) is 0. The molecule has 0 spiro atoms. The topological polar surface area (TPSA) is 67.2 Å². The lowest BCUT2D eigenvalue weighted by Crippen LogP contribution is -2.41. The summed E-state index contributed by atoms with van der Waals surface area (Å²) < 4.78 is 1.69. The minimum absolute atomic E-state index is 0.0167. The van der Waals surface area contributed by atoms with Crippen molar-refractivity contribution in [1.29, 1.82) is 0 Å². The van der Waals surface area contributed by atoms with Crippen LogP contribution in [0.2, 0.25) is 5.02 Å². The van der Waals surface area contributed by atoms with Crippen molar-refractivity contribution in [3.8, 4) is 5.69 Å². The van der Waals surface area contributed by atoms with E-state index >= 15 is 0 Å². The van der Waals surface area contributed by atoms with Gasteiger partial charge in [0.05, 0.1) is 28.2 Å². The molecule has 3 rings (SSSR count). The molecule has 0 aliphatic heterocycles. The van der Waals surface area contributed by atoms with Crippen LogP contribution in [0.3, 0.4) is 0 Å². The summed E-state index contributed by atoms with van der Waals surface area (Å²) in [6.07, 6.45) is 6.80. The Morgan fingerprint density at radius 1 is 1.32 bits per heavy atom. The number of aliphatic hydroxyl groups is 1. The average molecular weight is 362 g/mol. The number of aromatic nitrogens is 2. The molecule has 0 radical (unpaired) electrons. The highest BCUT2D eigenvalue weighted by Gasteiger charge is 2.26. The maximum absolute atomic E-state index is 12.8. The molecule has 6 heteroatoms. The normalized spacial score (nSPS) is 20.9. The number of hydrogen-bond donors (Lipinski definition) is 2. The average Bonchev–Trinajstić information content (AvgIpc) is 2.85. The molecule has 25 heavy (non-hydrogen) atoms. The highest BCUT2D eigenvalue weighted by Crippen LogP contribution is 2.25. The van der Waals surface area contributed by atoms with Gasteiger partial charge in [-0.1, -0.05) is 43.0 Å². The fourth-order valence-corrected chi connectivity index (χ4v) is 3.75. The summed E-state index contributed by atoms with van der Waals surface area (Å²) in [6.45, 7) is 1.98. The predicted octanol–water partition coefficient (Wildman–Crippen LogP) is 3.51. The molecule has 1 aliphatic rings. The third-order valence-electron chi connectivity index (χ3n) is 5.05. The molecule has 1 aromatic heterocycles. The summed E-state index contributed by atoms with van der Waals surface area (Å²) >= 11 is 6.24. The van der Waals surface area contributed by atoms with Crippen LogP contribution in [-0.4, -0.2) is 33.4 Å². The zero-order valence-electron chi connectivity index (χ0n) is 14.4. The highest BCUT2D eigenvalue weighted by molar-refractivity contribution is 6.32. The summed E-state index contributed by atoms with van der Waals surface area (Å²) in [5, 5.41) is 17.7. The van der Waals surface area contributed by atoms with Crippen LogP contribution < -0.4 is 5.32 Å². The maximum atomic E-state index is 12.8. The molecule has 2 aromatic rings. The van der Waals surface area contributed by atoms with Crippen LogP contribution in [0.4, 0.5) is 0 Å². The zero-order valence-corrected chi connectivity index (χ0v) is 15.2. The van der Waals surface area contributed by atoms with Crippen molar-refractivity contribution < 1.29 is 9.90 Å². The van der Waals surface area contributed by atoms with Crippen LogP contribution >= 0.6 is 11.6 Å². The smallest absolute Gasteiger partial charge is 0.254 e. The lowest BCUT2D eigenvalue weighted by atomic mass is 9.95. The lowest BCUT2D eigenvalue weighted by Gasteiger charge is -2.24. The number of amides is 1. The molecule has 5 nitrogen and oxygen atoms in total. The van der Waals surface area contributed by atoms with Crippen LogP contribution in [-0.2, 0) is 0 Å². The summed E-state index contributed by atoms with van der Waals surface area (Å²) in [5.41, 5.74) is 2.05. The van der Waals surface area contributed by atoms with E-state index in [1.165, 1.54) is 0 Å². The number of nitrogens with one attached hydrogen (secondary N) is 1. The molecule has 1 aromatic carbocycles. The molecule has 0 unspecified atom stereocenters. The van der Waals surface area contributed by atoms with Crippen molar-refractivity contribution in [2.45, 2.75) is 45.1 Å². The molecule has 1 aliphatic carbocycles. The van der Waals surface area contributed by atoms with E-state index in [1.807, 2.05) is 25.1 Å². The molecule has 2 atom stereocenters. The van der Waals surface area contributed by atoms with Gasteiger partial charge in [0.2, 0.25) is 0 Å². The largest absolute Gasteiger partial charge is 0.396 e. The van der Waals surface area contributed by atoms with Gasteiger partial charge >= 0.3 is 0 Å². The van der Waals surface area contributed by atoms with Crippen molar-refractivity contribution in [2.24, 2.45) is 5.92 Å². The van der Waals surface area contributed by atoms with Gasteiger partial charge in [-0.05, 0) is 31.9 Å². The van der Waals surface area contributed by atoms with E-state index < -0.39 is 0 Å². The van der Waals surface area contributed by atoms with Crippen LogP contribution in [0.1, 0.15) is 48.2 Å². The molecular formula is C19H24ClN3O2. The molecule has 1 heterocycles. The van der Waals surface area contributed by atoms with E-state index in [0.717, 1.165) is 43.5 Å². The van der Waals surface area contributed by atoms with E-state index in [1.54, 1.807) is 16.9 Å². The van der Waals surface area contributed by atoms with E-state index in [2.05, 4.69) is 10.4 Å². The summed E-state index contributed by atoms with van der Waals surface area (Å²) in [5.74, 6) is -0.00785. The van der Waals surface area contributed by atoms with Gasteiger partial charge in [-0.3, -0.25) is 4.79 Å². The van der Waals surface area contributed by atoms with Crippen LogP contribution in [0, 0.1) is 12.8 Å². The van der Waals surface area contributed by atoms with Gasteiger partial charge in [-0.15, -0.1) is 0 Å². The fraction of sp³-hybridized carbons (Fsp3) is 0.474. The van der Waals surface area contributed by atoms with E-state index in [9.17, 15) is 9.90 Å². The quantitative estimate of drug-likeness (QED) is 0.819. The minimum Gasteiger partial charge on any atom is -0.396 e. The first kappa shape index (κ1) is 18.0. The molecule has 1 amide bonds. The first-order valence-corrected chi connectivity index (χ1v) is 9.21. The second-order valence-corrected chi connectivity index (χ2v) is 7.07. The molecule has 134 valence electrons. The third-order valence-corrected chi connectivity index (χ3v) is 5.36. The Morgan fingerprint density at radius 2 is 2.08 bits per heavy atom. The molecule has 0 saturated heterocycles. The molecule has 2 N–H and O–H groups in total. The number of nitrogens with zero attached hydrogens (tertiary/aromatic N) is 2. The number of halogens is 1. The van der Waals surface area contributed by atoms with Crippen molar-refractivity contribution in [1.82, 2.24) is 15.1 Å². The maximum Gasteiger partial charge on any atom is 0.254 e. The lowest BCUT2D eigenvalue weighted by molar-refractivity contribution is 0.0899. The van der Waals surface area contributed by atoms with E-state index in [4.69, 9.17) is 11.6 Å². The SMILES string of the molecule is Cc1c(C(=O)N[C@@H]2CCCCC[C@@H]2CO)cnn1-c1ccccc1Cl. The Balaban J connectivity index is 1.80. The summed E-state index contributed by atoms with van der Waals surface area (Å²) in [6, 6.07) is 7.44. The van der Waals surface area contributed by atoms with Crippen molar-refractivity contribution in [3.63, 3.8) is 0 Å². The van der Waals surface area contributed by atoms with Crippen LogP contribution in [0.15, 0.2) is 30.5 Å². The Bertz CT molecular complexity index is 744. The van der Waals surface area contributed by atoms with Gasteiger partial charge < -0.3 is 10.4 Å². The van der Waals surface area contributed by atoms with Gasteiger partial charge in [-0.2, -0.15) is 5.10 Å². The van der Waals surface area contributed by atoms with Gasteiger partial charge in [0.1, 0.15) is 0 Å². The first-order chi connectivity index (χ1) is 12.1. The number of benzene rings is 1. The van der Waals surface area contributed by atoms with E-state index in [-0.39, 0.29) is 24.5 Å². The molecule has 0 bridgehead atoms. The summed E-state index contributed by atoms with van der Waals surface area (Å²) in [4.78, 5) is 12.8. The number of hydrogen-bond acceptors (Lipinski definition) is 3. The number of carbonyl (C=O) groups is 1. The molecule has 1 fully saturated rings. The molecular weight excluding hydrogens is 338 g/mol. The number of rotatable bonds is 4. The Labute approximate surface area is 153 Å². The van der Waals surface area contributed by atoms with Crippen LogP contribution in [0.5, 0.6) is 0 Å². The highest BCUT2D eigenvalue weighted by atomic mass is 35.5. The first-order valence-electron chi connectivity index (χ1n) is 8.83. The predicted molar refractivity (Wildman–Crippen MR) is 98.2 cm³/mol.